The van der Waals surface area contributed by atoms with Crippen LogP contribution in [-0.4, -0.2) is 40.9 Å². The van der Waals surface area contributed by atoms with Gasteiger partial charge < -0.3 is 14.7 Å². The van der Waals surface area contributed by atoms with Crippen LogP contribution in [0.1, 0.15) is 36.8 Å². The molecule has 2 bridgehead atoms. The van der Waals surface area contributed by atoms with Crippen molar-refractivity contribution in [1.29, 1.82) is 0 Å². The van der Waals surface area contributed by atoms with Crippen LogP contribution in [0.4, 0.5) is 4.79 Å². The highest BCUT2D eigenvalue weighted by molar-refractivity contribution is 5.79. The zero-order valence-electron chi connectivity index (χ0n) is 14.9. The van der Waals surface area contributed by atoms with Crippen LogP contribution in [-0.2, 0) is 4.74 Å². The number of amides is 1. The van der Waals surface area contributed by atoms with Crippen molar-refractivity contribution in [2.24, 2.45) is 5.92 Å². The van der Waals surface area contributed by atoms with E-state index in [1.807, 2.05) is 31.2 Å². The van der Waals surface area contributed by atoms with Gasteiger partial charge >= 0.3 is 6.09 Å². The number of carbonyl (C=O) groups is 1. The number of carbonyl (C=O) groups excluding carboxylic acids is 1. The lowest BCUT2D eigenvalue weighted by atomic mass is 9.95. The molecule has 0 radical (unpaired) electrons. The maximum atomic E-state index is 12.7. The van der Waals surface area contributed by atoms with Gasteiger partial charge in [-0.15, -0.1) is 0 Å². The Bertz CT molecular complexity index is 830. The Kier molecular flexibility index (Phi) is 3.41. The number of piperidine rings is 1. The van der Waals surface area contributed by atoms with Crippen molar-refractivity contribution in [3.05, 3.63) is 59.7 Å². The molecule has 1 N–H and O–H groups in total. The van der Waals surface area contributed by atoms with Crippen molar-refractivity contribution < 1.29 is 14.6 Å². The quantitative estimate of drug-likeness (QED) is 0.898. The van der Waals surface area contributed by atoms with Crippen molar-refractivity contribution >= 4 is 6.09 Å². The number of ether oxygens (including phenoxy) is 1. The van der Waals surface area contributed by atoms with Crippen LogP contribution >= 0.6 is 0 Å². The summed E-state index contributed by atoms with van der Waals surface area (Å²) in [5, 5.41) is 10.5. The lowest BCUT2D eigenvalue weighted by molar-refractivity contribution is -0.0278. The number of aliphatic hydroxyl groups is 1. The Morgan fingerprint density at radius 1 is 1.15 bits per heavy atom. The highest BCUT2D eigenvalue weighted by atomic mass is 16.6. The predicted octanol–water partition coefficient (Wildman–Crippen LogP) is 3.78. The third kappa shape index (κ3) is 2.28. The third-order valence-corrected chi connectivity index (χ3v) is 6.38. The normalized spacial score (nSPS) is 28.9. The maximum Gasteiger partial charge on any atom is 0.410 e. The van der Waals surface area contributed by atoms with E-state index in [1.165, 1.54) is 22.3 Å². The molecule has 2 aromatic carbocycles. The molecule has 4 nitrogen and oxygen atoms in total. The van der Waals surface area contributed by atoms with E-state index >= 15 is 0 Å². The van der Waals surface area contributed by atoms with Crippen molar-refractivity contribution in [3.8, 4) is 11.1 Å². The molecule has 1 aliphatic heterocycles. The van der Waals surface area contributed by atoms with Gasteiger partial charge in [0.25, 0.3) is 0 Å². The summed E-state index contributed by atoms with van der Waals surface area (Å²) in [6.07, 6.45) is 1.38. The molecule has 2 aliphatic carbocycles. The average Bonchev–Trinajstić information content (AvgIpc) is 3.28. The van der Waals surface area contributed by atoms with E-state index in [4.69, 9.17) is 4.74 Å². The summed E-state index contributed by atoms with van der Waals surface area (Å²) >= 11 is 0. The van der Waals surface area contributed by atoms with Gasteiger partial charge in [-0.2, -0.15) is 0 Å². The molecule has 3 aliphatic rings. The summed E-state index contributed by atoms with van der Waals surface area (Å²) in [6.45, 7) is 2.88. The maximum absolute atomic E-state index is 12.7. The summed E-state index contributed by atoms with van der Waals surface area (Å²) in [4.78, 5) is 14.4. The number of likely N-dealkylation sites (tertiary alicyclic amines) is 1. The molecule has 0 spiro atoms. The Morgan fingerprint density at radius 2 is 1.77 bits per heavy atom. The smallest absolute Gasteiger partial charge is 0.410 e. The standard InChI is InChI=1S/C22H23NO3/c1-22(25)11-14-10-20(22)23(12-14)21(24)26-13-19-17-8-4-2-6-15(17)16-7-3-5-9-18(16)19/h2-9,14,19-20,25H,10-13H2,1H3. The Morgan fingerprint density at radius 3 is 2.35 bits per heavy atom. The second-order valence-corrected chi connectivity index (χ2v) is 8.14. The van der Waals surface area contributed by atoms with Crippen LogP contribution in [0.25, 0.3) is 11.1 Å². The molecular formula is C22H23NO3. The summed E-state index contributed by atoms with van der Waals surface area (Å²) < 4.78 is 5.75. The van der Waals surface area contributed by atoms with Crippen molar-refractivity contribution in [2.75, 3.05) is 13.2 Å². The monoisotopic (exact) mass is 349 g/mol. The molecule has 3 unspecified atom stereocenters. The van der Waals surface area contributed by atoms with E-state index < -0.39 is 5.60 Å². The van der Waals surface area contributed by atoms with Crippen molar-refractivity contribution in [1.82, 2.24) is 4.90 Å². The fourth-order valence-electron chi connectivity index (χ4n) is 5.26. The molecule has 4 heteroatoms. The molecule has 26 heavy (non-hydrogen) atoms. The van der Waals surface area contributed by atoms with Crippen LogP contribution in [0.2, 0.25) is 0 Å². The molecule has 0 aromatic heterocycles. The Balaban J connectivity index is 1.35. The fourth-order valence-corrected chi connectivity index (χ4v) is 5.26. The number of benzene rings is 2. The minimum Gasteiger partial charge on any atom is -0.448 e. The van der Waals surface area contributed by atoms with E-state index in [0.29, 0.717) is 19.1 Å². The van der Waals surface area contributed by atoms with Gasteiger partial charge in [-0.1, -0.05) is 48.5 Å². The second-order valence-electron chi connectivity index (χ2n) is 8.14. The van der Waals surface area contributed by atoms with E-state index in [9.17, 15) is 9.90 Å². The van der Waals surface area contributed by atoms with Crippen molar-refractivity contribution in [2.45, 2.75) is 37.3 Å². The minimum atomic E-state index is -0.783. The third-order valence-electron chi connectivity index (χ3n) is 6.38. The van der Waals surface area contributed by atoms with Crippen molar-refractivity contribution in [3.63, 3.8) is 0 Å². The fraction of sp³-hybridized carbons (Fsp3) is 0.409. The minimum absolute atomic E-state index is 0.0756. The Labute approximate surface area is 153 Å². The lowest BCUT2D eigenvalue weighted by Gasteiger charge is -2.36. The summed E-state index contributed by atoms with van der Waals surface area (Å²) in [5.74, 6) is 0.474. The van der Waals surface area contributed by atoms with Gasteiger partial charge in [0.05, 0.1) is 11.6 Å². The van der Waals surface area contributed by atoms with Gasteiger partial charge in [0.2, 0.25) is 0 Å². The molecule has 1 saturated carbocycles. The number of hydrogen-bond donors (Lipinski definition) is 1. The SMILES string of the molecule is CC1(O)CC2CC1N(C(=O)OCC1c3ccccc3-c3ccccc31)C2. The molecule has 2 fully saturated rings. The highest BCUT2D eigenvalue weighted by Crippen LogP contribution is 2.46. The number of rotatable bonds is 2. The predicted molar refractivity (Wildman–Crippen MR) is 98.9 cm³/mol. The summed E-state index contributed by atoms with van der Waals surface area (Å²) in [5.41, 5.74) is 4.11. The Hall–Kier alpha value is -2.33. The molecule has 3 atom stereocenters. The molecule has 1 saturated heterocycles. The number of hydrogen-bond acceptors (Lipinski definition) is 3. The van der Waals surface area contributed by atoms with Crippen LogP contribution in [0, 0.1) is 5.92 Å². The first-order valence-corrected chi connectivity index (χ1v) is 9.38. The molecule has 1 amide bonds. The number of fused-ring (bicyclic) bond motifs is 5. The molecular weight excluding hydrogens is 326 g/mol. The zero-order valence-corrected chi connectivity index (χ0v) is 14.9. The molecule has 5 rings (SSSR count). The van der Waals surface area contributed by atoms with Gasteiger partial charge in [-0.25, -0.2) is 4.79 Å². The van der Waals surface area contributed by atoms with E-state index in [2.05, 4.69) is 24.3 Å². The lowest BCUT2D eigenvalue weighted by Crippen LogP contribution is -2.51. The van der Waals surface area contributed by atoms with E-state index in [-0.39, 0.29) is 18.1 Å². The van der Waals surface area contributed by atoms with Crippen LogP contribution in [0.15, 0.2) is 48.5 Å². The summed E-state index contributed by atoms with van der Waals surface area (Å²) in [7, 11) is 0. The van der Waals surface area contributed by atoms with Gasteiger partial charge in [0, 0.05) is 12.5 Å². The molecule has 1 heterocycles. The molecule has 2 aromatic rings. The topological polar surface area (TPSA) is 49.8 Å². The first-order valence-electron chi connectivity index (χ1n) is 9.38. The zero-order chi connectivity index (χ0) is 17.9. The van der Waals surface area contributed by atoms with Crippen LogP contribution in [0.5, 0.6) is 0 Å². The highest BCUT2D eigenvalue weighted by Gasteiger charge is 2.53. The average molecular weight is 349 g/mol. The van der Waals surface area contributed by atoms with E-state index in [1.54, 1.807) is 4.90 Å². The van der Waals surface area contributed by atoms with Gasteiger partial charge in [0.15, 0.2) is 0 Å². The largest absolute Gasteiger partial charge is 0.448 e. The van der Waals surface area contributed by atoms with Gasteiger partial charge in [0.1, 0.15) is 6.61 Å². The number of nitrogens with zero attached hydrogens (tertiary/aromatic N) is 1. The van der Waals surface area contributed by atoms with Crippen LogP contribution in [0.3, 0.4) is 0 Å². The summed E-state index contributed by atoms with van der Waals surface area (Å²) in [6, 6.07) is 16.6. The second kappa shape index (κ2) is 5.58. The van der Waals surface area contributed by atoms with E-state index in [0.717, 1.165) is 12.8 Å². The van der Waals surface area contributed by atoms with Gasteiger partial charge in [-0.3, -0.25) is 0 Å². The first kappa shape index (κ1) is 15.9. The first-order chi connectivity index (χ1) is 12.5. The van der Waals surface area contributed by atoms with Crippen LogP contribution < -0.4 is 0 Å². The molecule has 134 valence electrons. The van der Waals surface area contributed by atoms with Gasteiger partial charge in [-0.05, 0) is 47.9 Å².